The van der Waals surface area contributed by atoms with E-state index in [-0.39, 0.29) is 30.7 Å². The van der Waals surface area contributed by atoms with E-state index in [0.717, 1.165) is 22.4 Å². The average molecular weight is 472 g/mol. The van der Waals surface area contributed by atoms with Gasteiger partial charge in [0.25, 0.3) is 5.91 Å². The summed E-state index contributed by atoms with van der Waals surface area (Å²) in [4.78, 5) is 40.3. The minimum absolute atomic E-state index is 0.0868. The molecular weight excluding hydrogens is 442 g/mol. The molecule has 0 unspecified atom stereocenters. The van der Waals surface area contributed by atoms with Crippen LogP contribution in [0.1, 0.15) is 33.5 Å². The van der Waals surface area contributed by atoms with Crippen molar-refractivity contribution in [3.63, 3.8) is 0 Å². The van der Waals surface area contributed by atoms with Crippen molar-refractivity contribution in [2.24, 2.45) is 5.92 Å². The van der Waals surface area contributed by atoms with Crippen molar-refractivity contribution in [1.29, 1.82) is 0 Å². The van der Waals surface area contributed by atoms with Crippen LogP contribution in [0.4, 0.5) is 11.4 Å². The Bertz CT molecular complexity index is 1270. The summed E-state index contributed by atoms with van der Waals surface area (Å²) < 4.78 is 5.34. The van der Waals surface area contributed by atoms with Crippen LogP contribution in [0.5, 0.6) is 5.75 Å². The molecule has 1 aliphatic heterocycles. The molecule has 35 heavy (non-hydrogen) atoms. The molecule has 1 atom stereocenters. The molecule has 180 valence electrons. The Labute approximate surface area is 205 Å². The molecule has 0 spiro atoms. The minimum Gasteiger partial charge on any atom is -0.496 e. The lowest BCUT2D eigenvalue weighted by atomic mass is 10.1. The number of rotatable bonds is 7. The van der Waals surface area contributed by atoms with Crippen molar-refractivity contribution in [1.82, 2.24) is 5.32 Å². The van der Waals surface area contributed by atoms with Gasteiger partial charge in [-0.1, -0.05) is 36.4 Å². The van der Waals surface area contributed by atoms with Crippen LogP contribution in [0.3, 0.4) is 0 Å². The Morgan fingerprint density at radius 2 is 1.74 bits per heavy atom. The van der Waals surface area contributed by atoms with E-state index in [9.17, 15) is 14.4 Å². The van der Waals surface area contributed by atoms with Gasteiger partial charge < -0.3 is 20.3 Å². The number of hydrogen-bond donors (Lipinski definition) is 2. The standard InChI is InChI=1S/C28H29N3O4/c1-18-12-13-22(14-19(18)2)31-17-21(15-26(31)32)27(33)30-24-10-6-5-9-23(24)28(34)29-16-20-8-4-7-11-25(20)35-3/h4-14,21H,15-17H2,1-3H3,(H,29,34)(H,30,33)/t21-/m1/s1. The summed E-state index contributed by atoms with van der Waals surface area (Å²) in [6.45, 7) is 4.60. The summed E-state index contributed by atoms with van der Waals surface area (Å²) in [6, 6.07) is 20.2. The molecule has 0 radical (unpaired) electrons. The second-order valence-electron chi connectivity index (χ2n) is 8.70. The third-order valence-electron chi connectivity index (χ3n) is 6.36. The maximum Gasteiger partial charge on any atom is 0.253 e. The zero-order chi connectivity index (χ0) is 24.9. The Hall–Kier alpha value is -4.13. The molecule has 7 heteroatoms. The third-order valence-corrected chi connectivity index (χ3v) is 6.36. The number of benzene rings is 3. The van der Waals surface area contributed by atoms with Crippen LogP contribution >= 0.6 is 0 Å². The molecule has 0 aliphatic carbocycles. The van der Waals surface area contributed by atoms with E-state index < -0.39 is 5.92 Å². The molecular formula is C28H29N3O4. The lowest BCUT2D eigenvalue weighted by Gasteiger charge is -2.18. The fraction of sp³-hybridized carbons (Fsp3) is 0.250. The third kappa shape index (κ3) is 5.35. The summed E-state index contributed by atoms with van der Waals surface area (Å²) in [5.74, 6) is -0.501. The Kier molecular flexibility index (Phi) is 7.15. The van der Waals surface area contributed by atoms with Crippen LogP contribution in [-0.2, 0) is 16.1 Å². The van der Waals surface area contributed by atoms with Gasteiger partial charge in [0, 0.05) is 30.8 Å². The number of nitrogens with zero attached hydrogens (tertiary/aromatic N) is 1. The Balaban J connectivity index is 1.43. The van der Waals surface area contributed by atoms with Gasteiger partial charge in [0.15, 0.2) is 0 Å². The van der Waals surface area contributed by atoms with Gasteiger partial charge in [-0.2, -0.15) is 0 Å². The van der Waals surface area contributed by atoms with Gasteiger partial charge in [0.2, 0.25) is 11.8 Å². The van der Waals surface area contributed by atoms with Crippen LogP contribution in [-0.4, -0.2) is 31.4 Å². The highest BCUT2D eigenvalue weighted by atomic mass is 16.5. The van der Waals surface area contributed by atoms with Gasteiger partial charge >= 0.3 is 0 Å². The first-order chi connectivity index (χ1) is 16.9. The lowest BCUT2D eigenvalue weighted by Crippen LogP contribution is -2.29. The zero-order valence-corrected chi connectivity index (χ0v) is 20.1. The predicted molar refractivity (Wildman–Crippen MR) is 136 cm³/mol. The smallest absolute Gasteiger partial charge is 0.253 e. The van der Waals surface area contributed by atoms with Crippen molar-refractivity contribution >= 4 is 29.1 Å². The molecule has 3 amide bonds. The van der Waals surface area contributed by atoms with Gasteiger partial charge in [-0.05, 0) is 55.3 Å². The molecule has 4 rings (SSSR count). The SMILES string of the molecule is COc1ccccc1CNC(=O)c1ccccc1NC(=O)[C@@H]1CC(=O)N(c2ccc(C)c(C)c2)C1. The van der Waals surface area contributed by atoms with Gasteiger partial charge in [0.1, 0.15) is 5.75 Å². The van der Waals surface area contributed by atoms with Crippen molar-refractivity contribution in [3.8, 4) is 5.75 Å². The average Bonchev–Trinajstić information content (AvgIpc) is 3.26. The van der Waals surface area contributed by atoms with E-state index >= 15 is 0 Å². The van der Waals surface area contributed by atoms with Crippen molar-refractivity contribution < 1.29 is 19.1 Å². The number of carbonyl (C=O) groups excluding carboxylic acids is 3. The maximum atomic E-state index is 13.1. The van der Waals surface area contributed by atoms with E-state index in [0.29, 0.717) is 23.5 Å². The van der Waals surface area contributed by atoms with Crippen molar-refractivity contribution in [2.45, 2.75) is 26.8 Å². The molecule has 3 aromatic carbocycles. The highest BCUT2D eigenvalue weighted by Crippen LogP contribution is 2.28. The number of aryl methyl sites for hydroxylation is 2. The van der Waals surface area contributed by atoms with Gasteiger partial charge in [0.05, 0.1) is 24.3 Å². The van der Waals surface area contributed by atoms with Gasteiger partial charge in [-0.15, -0.1) is 0 Å². The summed E-state index contributed by atoms with van der Waals surface area (Å²) in [5, 5.41) is 5.75. The van der Waals surface area contributed by atoms with Crippen LogP contribution in [0.2, 0.25) is 0 Å². The van der Waals surface area contributed by atoms with Crippen LogP contribution < -0.4 is 20.3 Å². The summed E-state index contributed by atoms with van der Waals surface area (Å²) >= 11 is 0. The van der Waals surface area contributed by atoms with Crippen molar-refractivity contribution in [2.75, 3.05) is 23.9 Å². The van der Waals surface area contributed by atoms with E-state index in [4.69, 9.17) is 4.74 Å². The molecule has 1 saturated heterocycles. The summed E-state index contributed by atoms with van der Waals surface area (Å²) in [6.07, 6.45) is 0.126. The zero-order valence-electron chi connectivity index (χ0n) is 20.1. The van der Waals surface area contributed by atoms with Crippen LogP contribution in [0, 0.1) is 19.8 Å². The molecule has 3 aromatic rings. The molecule has 7 nitrogen and oxygen atoms in total. The highest BCUT2D eigenvalue weighted by Gasteiger charge is 2.35. The van der Waals surface area contributed by atoms with Crippen LogP contribution in [0.25, 0.3) is 0 Å². The van der Waals surface area contributed by atoms with E-state index in [1.165, 1.54) is 0 Å². The number of ether oxygens (including phenoxy) is 1. The van der Waals surface area contributed by atoms with Gasteiger partial charge in [-0.25, -0.2) is 0 Å². The fourth-order valence-corrected chi connectivity index (χ4v) is 4.17. The predicted octanol–water partition coefficient (Wildman–Crippen LogP) is 4.23. The normalized spacial score (nSPS) is 15.1. The molecule has 2 N–H and O–H groups in total. The topological polar surface area (TPSA) is 87.7 Å². The minimum atomic E-state index is -0.506. The molecule has 1 heterocycles. The molecule has 0 aromatic heterocycles. The van der Waals surface area contributed by atoms with Crippen molar-refractivity contribution in [3.05, 3.63) is 89.0 Å². The first kappa shape index (κ1) is 24.0. The Morgan fingerprint density at radius 3 is 2.51 bits per heavy atom. The Morgan fingerprint density at radius 1 is 1.00 bits per heavy atom. The monoisotopic (exact) mass is 471 g/mol. The molecule has 0 saturated carbocycles. The fourth-order valence-electron chi connectivity index (χ4n) is 4.17. The first-order valence-corrected chi connectivity index (χ1v) is 11.5. The molecule has 1 aliphatic rings. The number of nitrogens with one attached hydrogen (secondary N) is 2. The maximum absolute atomic E-state index is 13.1. The first-order valence-electron chi connectivity index (χ1n) is 11.5. The highest BCUT2D eigenvalue weighted by molar-refractivity contribution is 6.07. The second kappa shape index (κ2) is 10.4. The quantitative estimate of drug-likeness (QED) is 0.540. The second-order valence-corrected chi connectivity index (χ2v) is 8.70. The number of methoxy groups -OCH3 is 1. The largest absolute Gasteiger partial charge is 0.496 e. The van der Waals surface area contributed by atoms with Gasteiger partial charge in [-0.3, -0.25) is 14.4 Å². The summed E-state index contributed by atoms with van der Waals surface area (Å²) in [5.41, 5.74) is 4.65. The number of anilines is 2. The number of carbonyl (C=O) groups is 3. The van der Waals surface area contributed by atoms with E-state index in [2.05, 4.69) is 10.6 Å². The lowest BCUT2D eigenvalue weighted by molar-refractivity contribution is -0.122. The molecule has 1 fully saturated rings. The number of para-hydroxylation sites is 2. The van der Waals surface area contributed by atoms with E-state index in [1.807, 2.05) is 56.3 Å². The van der Waals surface area contributed by atoms with Crippen LogP contribution in [0.15, 0.2) is 66.7 Å². The number of amides is 3. The molecule has 0 bridgehead atoms. The summed E-state index contributed by atoms with van der Waals surface area (Å²) in [7, 11) is 1.58. The number of hydrogen-bond acceptors (Lipinski definition) is 4. The van der Waals surface area contributed by atoms with E-state index in [1.54, 1.807) is 36.3 Å².